The number of benzene rings is 2. The van der Waals surface area contributed by atoms with E-state index >= 15 is 0 Å². The lowest BCUT2D eigenvalue weighted by Crippen LogP contribution is -2.49. The zero-order valence-corrected chi connectivity index (χ0v) is 21.8. The van der Waals surface area contributed by atoms with Crippen LogP contribution < -0.4 is 10.6 Å². The van der Waals surface area contributed by atoms with E-state index < -0.39 is 12.1 Å². The lowest BCUT2D eigenvalue weighted by atomic mass is 9.91. The van der Waals surface area contributed by atoms with Crippen LogP contribution in [0.1, 0.15) is 55.5 Å². The van der Waals surface area contributed by atoms with E-state index in [9.17, 15) is 14.4 Å². The van der Waals surface area contributed by atoms with Gasteiger partial charge in [-0.15, -0.1) is 0 Å². The molecule has 0 saturated heterocycles. The number of likely N-dealkylation sites (N-methyl/N-ethyl adjacent to an activating group) is 1. The molecule has 2 aliphatic rings. The van der Waals surface area contributed by atoms with Crippen molar-refractivity contribution >= 4 is 17.8 Å². The van der Waals surface area contributed by atoms with Crippen LogP contribution >= 0.6 is 0 Å². The summed E-state index contributed by atoms with van der Waals surface area (Å²) in [6.07, 6.45) is 0.536. The molecular formula is C29H36N4O3. The molecule has 4 amide bonds. The van der Waals surface area contributed by atoms with Crippen molar-refractivity contribution in [1.82, 2.24) is 20.4 Å². The van der Waals surface area contributed by atoms with Crippen molar-refractivity contribution in [3.63, 3.8) is 0 Å². The Morgan fingerprint density at radius 2 is 1.83 bits per heavy atom. The summed E-state index contributed by atoms with van der Waals surface area (Å²) in [4.78, 5) is 43.8. The smallest absolute Gasteiger partial charge is 0.322 e. The fourth-order valence-electron chi connectivity index (χ4n) is 5.21. The third-order valence-corrected chi connectivity index (χ3v) is 6.99. The Balaban J connectivity index is 1.66. The Labute approximate surface area is 213 Å². The number of carbonyl (C=O) groups excluding carboxylic acids is 3. The molecule has 0 saturated carbocycles. The van der Waals surface area contributed by atoms with Gasteiger partial charge in [-0.25, -0.2) is 4.79 Å². The summed E-state index contributed by atoms with van der Waals surface area (Å²) in [6, 6.07) is 14.4. The van der Waals surface area contributed by atoms with Gasteiger partial charge in [0.05, 0.1) is 23.9 Å². The Morgan fingerprint density at radius 3 is 2.47 bits per heavy atom. The van der Waals surface area contributed by atoms with Gasteiger partial charge in [0.2, 0.25) is 5.91 Å². The predicted octanol–water partition coefficient (Wildman–Crippen LogP) is 4.22. The Morgan fingerprint density at radius 1 is 1.11 bits per heavy atom. The summed E-state index contributed by atoms with van der Waals surface area (Å²) in [5.41, 5.74) is 5.30. The number of carbonyl (C=O) groups is 3. The number of nitrogens with one attached hydrogen (secondary N) is 2. The van der Waals surface area contributed by atoms with Gasteiger partial charge >= 0.3 is 6.03 Å². The van der Waals surface area contributed by atoms with Crippen LogP contribution in [0, 0.1) is 19.8 Å². The molecule has 4 rings (SSSR count). The molecule has 2 aromatic rings. The number of hydrogen-bond donors (Lipinski definition) is 2. The van der Waals surface area contributed by atoms with E-state index in [2.05, 4.69) is 16.7 Å². The van der Waals surface area contributed by atoms with E-state index in [1.165, 1.54) is 0 Å². The highest BCUT2D eigenvalue weighted by atomic mass is 16.2. The number of amides is 4. The fourth-order valence-corrected chi connectivity index (χ4v) is 5.21. The molecule has 36 heavy (non-hydrogen) atoms. The zero-order chi connectivity index (χ0) is 26.0. The SMILES string of the molecule is CCN1C(=O)NC(c2ccc(C)cc2C)C2=C1CN(C(CC(C)C)C(=O)NCc1ccccc1)C2=O. The number of nitrogens with zero attached hydrogens (tertiary/aromatic N) is 2. The maximum absolute atomic E-state index is 14.0. The molecule has 190 valence electrons. The summed E-state index contributed by atoms with van der Waals surface area (Å²) in [5.74, 6) is -0.153. The Hall–Kier alpha value is -3.61. The van der Waals surface area contributed by atoms with Crippen LogP contribution in [0.15, 0.2) is 59.8 Å². The third kappa shape index (κ3) is 5.01. The van der Waals surface area contributed by atoms with E-state index in [1.807, 2.05) is 77.1 Å². The number of rotatable bonds is 8. The van der Waals surface area contributed by atoms with Crippen LogP contribution in [-0.2, 0) is 16.1 Å². The minimum Gasteiger partial charge on any atom is -0.350 e. The lowest BCUT2D eigenvalue weighted by Gasteiger charge is -2.33. The number of aryl methyl sites for hydroxylation is 2. The molecule has 0 fully saturated rings. The highest BCUT2D eigenvalue weighted by Gasteiger charge is 2.47. The second-order valence-electron chi connectivity index (χ2n) is 10.1. The van der Waals surface area contributed by atoms with Crippen LogP contribution in [0.2, 0.25) is 0 Å². The van der Waals surface area contributed by atoms with Gasteiger partial charge in [0, 0.05) is 13.1 Å². The minimum atomic E-state index is -0.625. The highest BCUT2D eigenvalue weighted by Crippen LogP contribution is 2.38. The van der Waals surface area contributed by atoms with Crippen molar-refractivity contribution in [2.24, 2.45) is 5.92 Å². The molecule has 2 N–H and O–H groups in total. The van der Waals surface area contributed by atoms with Crippen LogP contribution in [0.3, 0.4) is 0 Å². The number of hydrogen-bond acceptors (Lipinski definition) is 3. The largest absolute Gasteiger partial charge is 0.350 e. The first-order chi connectivity index (χ1) is 17.2. The van der Waals surface area contributed by atoms with E-state index in [0.717, 1.165) is 22.3 Å². The predicted molar refractivity (Wildman–Crippen MR) is 140 cm³/mol. The maximum Gasteiger partial charge on any atom is 0.322 e. The average Bonchev–Trinajstić information content (AvgIpc) is 3.18. The van der Waals surface area contributed by atoms with Gasteiger partial charge < -0.3 is 15.5 Å². The molecule has 2 heterocycles. The molecule has 0 bridgehead atoms. The summed E-state index contributed by atoms with van der Waals surface area (Å²) < 4.78 is 0. The summed E-state index contributed by atoms with van der Waals surface area (Å²) >= 11 is 0. The van der Waals surface area contributed by atoms with Crippen molar-refractivity contribution in [2.75, 3.05) is 13.1 Å². The van der Waals surface area contributed by atoms with Gasteiger partial charge in [-0.1, -0.05) is 67.9 Å². The highest BCUT2D eigenvalue weighted by molar-refractivity contribution is 6.03. The molecule has 0 spiro atoms. The molecule has 7 heteroatoms. The molecule has 2 atom stereocenters. The van der Waals surface area contributed by atoms with Crippen molar-refractivity contribution in [1.29, 1.82) is 0 Å². The first-order valence-corrected chi connectivity index (χ1v) is 12.7. The van der Waals surface area contributed by atoms with Crippen molar-refractivity contribution in [2.45, 2.75) is 59.7 Å². The molecule has 0 radical (unpaired) electrons. The Kier molecular flexibility index (Phi) is 7.48. The zero-order valence-electron chi connectivity index (χ0n) is 21.8. The van der Waals surface area contributed by atoms with Crippen molar-refractivity contribution in [3.05, 3.63) is 82.1 Å². The van der Waals surface area contributed by atoms with Crippen molar-refractivity contribution in [3.8, 4) is 0 Å². The summed E-state index contributed by atoms with van der Waals surface area (Å²) in [7, 11) is 0. The second-order valence-corrected chi connectivity index (χ2v) is 10.1. The van der Waals surface area contributed by atoms with E-state index in [1.54, 1.807) is 9.80 Å². The minimum absolute atomic E-state index is 0.175. The van der Waals surface area contributed by atoms with Crippen LogP contribution in [0.4, 0.5) is 4.79 Å². The average molecular weight is 489 g/mol. The Bertz CT molecular complexity index is 1190. The van der Waals surface area contributed by atoms with E-state index in [0.29, 0.717) is 30.8 Å². The first-order valence-electron chi connectivity index (χ1n) is 12.7. The maximum atomic E-state index is 14.0. The second kappa shape index (κ2) is 10.6. The van der Waals surface area contributed by atoms with Crippen LogP contribution in [0.25, 0.3) is 0 Å². The van der Waals surface area contributed by atoms with E-state index in [-0.39, 0.29) is 30.3 Å². The molecule has 2 unspecified atom stereocenters. The van der Waals surface area contributed by atoms with Gasteiger partial charge in [0.25, 0.3) is 5.91 Å². The number of urea groups is 1. The van der Waals surface area contributed by atoms with Gasteiger partial charge in [0.1, 0.15) is 6.04 Å². The van der Waals surface area contributed by atoms with Gasteiger partial charge in [-0.05, 0) is 49.8 Å². The molecule has 2 aromatic carbocycles. The van der Waals surface area contributed by atoms with Crippen molar-refractivity contribution < 1.29 is 14.4 Å². The topological polar surface area (TPSA) is 81.8 Å². The molecule has 0 aliphatic carbocycles. The summed E-state index contributed by atoms with van der Waals surface area (Å²) in [6.45, 7) is 11.1. The van der Waals surface area contributed by atoms with E-state index in [4.69, 9.17) is 0 Å². The van der Waals surface area contributed by atoms with Gasteiger partial charge in [-0.3, -0.25) is 14.5 Å². The van der Waals surface area contributed by atoms with Crippen LogP contribution in [-0.4, -0.2) is 46.8 Å². The fraction of sp³-hybridized carbons (Fsp3) is 0.414. The standard InChI is InChI=1S/C29H36N4O3/c1-6-32-24-17-33(23(14-18(2)3)27(34)30-16-21-10-8-7-9-11-21)28(35)25(24)26(31-29(32)36)22-13-12-19(4)15-20(22)5/h7-13,15,18,23,26H,6,14,16-17H2,1-5H3,(H,30,34)(H,31,36). The first kappa shape index (κ1) is 25.5. The van der Waals surface area contributed by atoms with Gasteiger partial charge in [-0.2, -0.15) is 0 Å². The molecule has 7 nitrogen and oxygen atoms in total. The molecule has 2 aliphatic heterocycles. The third-order valence-electron chi connectivity index (χ3n) is 6.99. The quantitative estimate of drug-likeness (QED) is 0.584. The normalized spacial score (nSPS) is 18.4. The monoisotopic (exact) mass is 488 g/mol. The summed E-state index contributed by atoms with van der Waals surface area (Å²) in [5, 5.41) is 6.08. The molecular weight excluding hydrogens is 452 g/mol. The van der Waals surface area contributed by atoms with Gasteiger partial charge in [0.15, 0.2) is 0 Å². The lowest BCUT2D eigenvalue weighted by molar-refractivity contribution is -0.137. The molecule has 0 aromatic heterocycles. The van der Waals surface area contributed by atoms with Crippen LogP contribution in [0.5, 0.6) is 0 Å².